The second-order valence-electron chi connectivity index (χ2n) is 4.45. The molecule has 0 radical (unpaired) electrons. The van der Waals surface area contributed by atoms with Crippen LogP contribution >= 0.6 is 0 Å². The van der Waals surface area contributed by atoms with E-state index in [0.29, 0.717) is 12.0 Å². The lowest BCUT2D eigenvalue weighted by Crippen LogP contribution is -2.22. The number of aromatic nitrogens is 2. The van der Waals surface area contributed by atoms with Crippen molar-refractivity contribution in [2.45, 2.75) is 32.2 Å². The number of rotatable bonds is 3. The molecule has 0 saturated heterocycles. The van der Waals surface area contributed by atoms with Crippen molar-refractivity contribution in [1.82, 2.24) is 10.2 Å². The lowest BCUT2D eigenvalue weighted by molar-refractivity contribution is 0.0593. The van der Waals surface area contributed by atoms with Gasteiger partial charge in [0.15, 0.2) is 5.69 Å². The predicted octanol–water partition coefficient (Wildman–Crippen LogP) is 1.86. The van der Waals surface area contributed by atoms with E-state index < -0.39 is 5.97 Å². The van der Waals surface area contributed by atoms with Gasteiger partial charge in [0.25, 0.3) is 0 Å². The molecule has 0 bridgehead atoms. The monoisotopic (exact) mass is 235 g/mol. The molecule has 1 heterocycles. The van der Waals surface area contributed by atoms with Crippen molar-refractivity contribution in [3.05, 3.63) is 17.8 Å². The zero-order valence-corrected chi connectivity index (χ0v) is 10.1. The summed E-state index contributed by atoms with van der Waals surface area (Å²) in [4.78, 5) is 11.2. The molecule has 1 aliphatic carbocycles. The number of methoxy groups -OCH3 is 1. The molecule has 1 aliphatic rings. The number of carbonyl (C=O) groups excluding carboxylic acids is 1. The van der Waals surface area contributed by atoms with Gasteiger partial charge in [0.2, 0.25) is 0 Å². The predicted molar refractivity (Wildman–Crippen MR) is 63.8 cm³/mol. The highest BCUT2D eigenvalue weighted by molar-refractivity contribution is 5.86. The molecule has 0 spiro atoms. The van der Waals surface area contributed by atoms with E-state index in [9.17, 15) is 4.79 Å². The summed E-state index contributed by atoms with van der Waals surface area (Å²) in [5.74, 6) is 0.923. The van der Waals surface area contributed by atoms with Crippen LogP contribution in [0.3, 0.4) is 0 Å². The van der Waals surface area contributed by atoms with E-state index in [2.05, 4.69) is 27.2 Å². The third-order valence-electron chi connectivity index (χ3n) is 3.25. The first kappa shape index (κ1) is 11.8. The molecule has 0 aliphatic heterocycles. The van der Waals surface area contributed by atoms with Crippen molar-refractivity contribution in [2.24, 2.45) is 5.92 Å². The van der Waals surface area contributed by atoms with Crippen molar-refractivity contribution in [3.63, 3.8) is 0 Å². The molecule has 0 aromatic carbocycles. The SMILES string of the molecule is COC(=O)c1ccc(NC2CCCC2C)nn1. The van der Waals surface area contributed by atoms with E-state index in [0.717, 1.165) is 5.82 Å². The van der Waals surface area contributed by atoms with Crippen LogP contribution in [0.15, 0.2) is 12.1 Å². The van der Waals surface area contributed by atoms with Gasteiger partial charge in [-0.25, -0.2) is 4.79 Å². The highest BCUT2D eigenvalue weighted by Crippen LogP contribution is 2.27. The summed E-state index contributed by atoms with van der Waals surface area (Å²) in [7, 11) is 1.33. The minimum absolute atomic E-state index is 0.234. The summed E-state index contributed by atoms with van der Waals surface area (Å²) in [6, 6.07) is 3.86. The maximum absolute atomic E-state index is 11.2. The van der Waals surface area contributed by atoms with Crippen molar-refractivity contribution in [3.8, 4) is 0 Å². The average molecular weight is 235 g/mol. The highest BCUT2D eigenvalue weighted by Gasteiger charge is 2.23. The molecule has 1 fully saturated rings. The maximum Gasteiger partial charge on any atom is 0.358 e. The molecule has 5 heteroatoms. The Labute approximate surface area is 101 Å². The van der Waals surface area contributed by atoms with Crippen LogP contribution in [0.5, 0.6) is 0 Å². The van der Waals surface area contributed by atoms with E-state index in [-0.39, 0.29) is 5.69 Å². The minimum atomic E-state index is -0.460. The molecule has 1 aromatic heterocycles. The van der Waals surface area contributed by atoms with Crippen LogP contribution in [0.2, 0.25) is 0 Å². The fourth-order valence-corrected chi connectivity index (χ4v) is 2.17. The standard InChI is InChI=1S/C12H17N3O2/c1-8-4-3-5-9(8)13-11-7-6-10(14-15-11)12(16)17-2/h6-9H,3-5H2,1-2H3,(H,13,15). The molecule has 92 valence electrons. The van der Waals surface area contributed by atoms with Gasteiger partial charge in [-0.3, -0.25) is 0 Å². The topological polar surface area (TPSA) is 64.1 Å². The summed E-state index contributed by atoms with van der Waals surface area (Å²) in [5, 5.41) is 11.2. The lowest BCUT2D eigenvalue weighted by Gasteiger charge is -2.17. The van der Waals surface area contributed by atoms with Gasteiger partial charge in [0.1, 0.15) is 5.82 Å². The Morgan fingerprint density at radius 2 is 2.24 bits per heavy atom. The molecule has 1 saturated carbocycles. The quantitative estimate of drug-likeness (QED) is 0.810. The van der Waals surface area contributed by atoms with Gasteiger partial charge in [-0.2, -0.15) is 0 Å². The lowest BCUT2D eigenvalue weighted by atomic mass is 10.1. The van der Waals surface area contributed by atoms with Gasteiger partial charge in [0.05, 0.1) is 7.11 Å². The first-order valence-electron chi connectivity index (χ1n) is 5.89. The zero-order chi connectivity index (χ0) is 12.3. The van der Waals surface area contributed by atoms with Crippen molar-refractivity contribution < 1.29 is 9.53 Å². The second kappa shape index (κ2) is 5.12. The van der Waals surface area contributed by atoms with Gasteiger partial charge in [0, 0.05) is 6.04 Å². The fourth-order valence-electron chi connectivity index (χ4n) is 2.17. The Morgan fingerprint density at radius 3 is 2.76 bits per heavy atom. The minimum Gasteiger partial charge on any atom is -0.464 e. The molecular weight excluding hydrogens is 218 g/mol. The molecule has 2 rings (SSSR count). The zero-order valence-electron chi connectivity index (χ0n) is 10.1. The second-order valence-corrected chi connectivity index (χ2v) is 4.45. The molecular formula is C12H17N3O2. The maximum atomic E-state index is 11.2. The Morgan fingerprint density at radius 1 is 1.41 bits per heavy atom. The Kier molecular flexibility index (Phi) is 3.56. The number of nitrogens with one attached hydrogen (secondary N) is 1. The van der Waals surface area contributed by atoms with Crippen molar-refractivity contribution >= 4 is 11.8 Å². The van der Waals surface area contributed by atoms with E-state index in [4.69, 9.17) is 0 Å². The van der Waals surface area contributed by atoms with E-state index in [1.54, 1.807) is 12.1 Å². The highest BCUT2D eigenvalue weighted by atomic mass is 16.5. The van der Waals surface area contributed by atoms with Crippen LogP contribution in [0, 0.1) is 5.92 Å². The van der Waals surface area contributed by atoms with E-state index in [1.165, 1.54) is 26.4 Å². The number of nitrogens with zero attached hydrogens (tertiary/aromatic N) is 2. The largest absolute Gasteiger partial charge is 0.464 e. The summed E-state index contributed by atoms with van der Waals surface area (Å²) in [5.41, 5.74) is 0.234. The van der Waals surface area contributed by atoms with E-state index >= 15 is 0 Å². The number of hydrogen-bond acceptors (Lipinski definition) is 5. The molecule has 5 nitrogen and oxygen atoms in total. The van der Waals surface area contributed by atoms with Gasteiger partial charge in [-0.15, -0.1) is 10.2 Å². The summed E-state index contributed by atoms with van der Waals surface area (Å²) in [6.45, 7) is 2.24. The fraction of sp³-hybridized carbons (Fsp3) is 0.583. The summed E-state index contributed by atoms with van der Waals surface area (Å²) < 4.78 is 4.56. The van der Waals surface area contributed by atoms with Gasteiger partial charge in [-0.1, -0.05) is 13.3 Å². The first-order valence-corrected chi connectivity index (χ1v) is 5.89. The number of ether oxygens (including phenoxy) is 1. The van der Waals surface area contributed by atoms with Gasteiger partial charge in [-0.05, 0) is 30.9 Å². The molecule has 1 N–H and O–H groups in total. The van der Waals surface area contributed by atoms with Crippen LogP contribution in [0.4, 0.5) is 5.82 Å². The molecule has 2 unspecified atom stereocenters. The Balaban J connectivity index is 2.00. The van der Waals surface area contributed by atoms with Gasteiger partial charge >= 0.3 is 5.97 Å². The number of esters is 1. The Hall–Kier alpha value is -1.65. The summed E-state index contributed by atoms with van der Waals surface area (Å²) in [6.07, 6.45) is 3.68. The van der Waals surface area contributed by atoms with Crippen LogP contribution in [0.1, 0.15) is 36.7 Å². The number of anilines is 1. The van der Waals surface area contributed by atoms with Crippen LogP contribution in [0.25, 0.3) is 0 Å². The van der Waals surface area contributed by atoms with Crippen molar-refractivity contribution in [1.29, 1.82) is 0 Å². The van der Waals surface area contributed by atoms with Crippen LogP contribution in [-0.2, 0) is 4.74 Å². The Bertz CT molecular complexity index is 391. The third kappa shape index (κ3) is 2.72. The smallest absolute Gasteiger partial charge is 0.358 e. The number of hydrogen-bond donors (Lipinski definition) is 1. The van der Waals surface area contributed by atoms with E-state index in [1.807, 2.05) is 0 Å². The molecule has 2 atom stereocenters. The first-order chi connectivity index (χ1) is 8.20. The number of carbonyl (C=O) groups is 1. The normalized spacial score (nSPS) is 23.4. The molecule has 17 heavy (non-hydrogen) atoms. The van der Waals surface area contributed by atoms with Crippen LogP contribution < -0.4 is 5.32 Å². The van der Waals surface area contributed by atoms with Gasteiger partial charge < -0.3 is 10.1 Å². The van der Waals surface area contributed by atoms with Crippen molar-refractivity contribution in [2.75, 3.05) is 12.4 Å². The third-order valence-corrected chi connectivity index (χ3v) is 3.25. The summed E-state index contributed by atoms with van der Waals surface area (Å²) >= 11 is 0. The van der Waals surface area contributed by atoms with Crippen LogP contribution in [-0.4, -0.2) is 29.3 Å². The molecule has 1 aromatic rings. The molecule has 0 amide bonds. The average Bonchev–Trinajstić information content (AvgIpc) is 2.75.